The molecule has 10 heteroatoms. The van der Waals surface area contributed by atoms with Crippen LogP contribution < -0.4 is 14.4 Å². The topological polar surface area (TPSA) is 96.0 Å². The Labute approximate surface area is 280 Å². The maximum Gasteiger partial charge on any atom is 0.264 e. The van der Waals surface area contributed by atoms with Crippen LogP contribution in [0.2, 0.25) is 0 Å². The molecule has 0 saturated heterocycles. The van der Waals surface area contributed by atoms with Gasteiger partial charge >= 0.3 is 0 Å². The summed E-state index contributed by atoms with van der Waals surface area (Å²) in [6.45, 7) is 5.82. The van der Waals surface area contributed by atoms with Gasteiger partial charge in [-0.05, 0) is 60.4 Å². The number of carbonyl (C=O) groups excluding carboxylic acids is 2. The van der Waals surface area contributed by atoms with E-state index in [1.165, 1.54) is 24.1 Å². The van der Waals surface area contributed by atoms with Gasteiger partial charge in [-0.3, -0.25) is 13.9 Å². The fourth-order valence-corrected chi connectivity index (χ4v) is 6.64. The summed E-state index contributed by atoms with van der Waals surface area (Å²) in [7, 11) is -2.79. The summed E-state index contributed by atoms with van der Waals surface area (Å²) >= 11 is 3.46. The van der Waals surface area contributed by atoms with E-state index in [-0.39, 0.29) is 35.4 Å². The van der Waals surface area contributed by atoms with Gasteiger partial charge in [-0.15, -0.1) is 0 Å². The molecule has 0 aliphatic carbocycles. The molecule has 0 fully saturated rings. The van der Waals surface area contributed by atoms with E-state index in [2.05, 4.69) is 21.2 Å². The molecule has 4 aromatic carbocycles. The van der Waals surface area contributed by atoms with Crippen molar-refractivity contribution < 1.29 is 22.7 Å². The maximum absolute atomic E-state index is 14.6. The van der Waals surface area contributed by atoms with Gasteiger partial charge in [0.2, 0.25) is 11.8 Å². The maximum atomic E-state index is 14.6. The molecule has 0 heterocycles. The predicted molar refractivity (Wildman–Crippen MR) is 185 cm³/mol. The van der Waals surface area contributed by atoms with Crippen LogP contribution in [0.15, 0.2) is 112 Å². The van der Waals surface area contributed by atoms with Crippen molar-refractivity contribution >= 4 is 43.5 Å². The number of methoxy groups -OCH3 is 1. The second-order valence-electron chi connectivity index (χ2n) is 11.5. The standard InChI is InChI=1S/C36H40BrN3O5S/c1-26(2)23-38-36(42)33(22-28-10-6-5-7-11-28)39(24-29-16-18-30(37)19-17-29)35(41)25-40(32-12-8-9-13-34(32)45-4)46(43,44)31-20-14-27(3)15-21-31/h5-21,26,33H,22-25H2,1-4H3,(H,38,42)/t33-/m1/s1. The van der Waals surface area contributed by atoms with E-state index < -0.39 is 28.5 Å². The molecule has 4 aromatic rings. The third-order valence-corrected chi connectivity index (χ3v) is 9.77. The van der Waals surface area contributed by atoms with E-state index in [9.17, 15) is 18.0 Å². The summed E-state index contributed by atoms with van der Waals surface area (Å²) in [5, 5.41) is 3.01. The Balaban J connectivity index is 1.82. The van der Waals surface area contributed by atoms with E-state index >= 15 is 0 Å². The Bertz CT molecular complexity index is 1710. The number of ether oxygens (including phenoxy) is 1. The monoisotopic (exact) mass is 705 g/mol. The molecule has 4 rings (SSSR count). The number of nitrogens with one attached hydrogen (secondary N) is 1. The van der Waals surface area contributed by atoms with Crippen molar-refractivity contribution in [3.8, 4) is 5.75 Å². The fraction of sp³-hybridized carbons (Fsp3) is 0.278. The van der Waals surface area contributed by atoms with Gasteiger partial charge < -0.3 is 15.0 Å². The number of sulfonamides is 1. The number of halogens is 1. The van der Waals surface area contributed by atoms with Gasteiger partial charge in [0.25, 0.3) is 10.0 Å². The summed E-state index contributed by atoms with van der Waals surface area (Å²) in [4.78, 5) is 30.0. The van der Waals surface area contributed by atoms with Crippen molar-refractivity contribution in [2.45, 2.75) is 44.7 Å². The molecule has 0 aromatic heterocycles. The Kier molecular flexibility index (Phi) is 12.0. The molecule has 0 saturated carbocycles. The zero-order valence-corrected chi connectivity index (χ0v) is 28.9. The first kappa shape index (κ1) is 34.7. The number of anilines is 1. The molecule has 46 heavy (non-hydrogen) atoms. The second kappa shape index (κ2) is 15.9. The SMILES string of the molecule is COc1ccccc1N(CC(=O)N(Cc1ccc(Br)cc1)[C@H](Cc1ccccc1)C(=O)NCC(C)C)S(=O)(=O)c1ccc(C)cc1. The van der Waals surface area contributed by atoms with Gasteiger partial charge in [0, 0.05) is 24.0 Å². The summed E-state index contributed by atoms with van der Waals surface area (Å²) in [6.07, 6.45) is 0.242. The minimum Gasteiger partial charge on any atom is -0.495 e. The zero-order valence-electron chi connectivity index (χ0n) is 26.5. The highest BCUT2D eigenvalue weighted by molar-refractivity contribution is 9.10. The van der Waals surface area contributed by atoms with Crippen LogP contribution in [0.1, 0.15) is 30.5 Å². The van der Waals surface area contributed by atoms with Crippen molar-refractivity contribution in [3.63, 3.8) is 0 Å². The lowest BCUT2D eigenvalue weighted by Crippen LogP contribution is -2.53. The van der Waals surface area contributed by atoms with E-state index in [1.807, 2.05) is 75.4 Å². The Morgan fingerprint density at radius 1 is 0.848 bits per heavy atom. The molecule has 2 amide bonds. The summed E-state index contributed by atoms with van der Waals surface area (Å²) in [6, 6.07) is 29.2. The number of hydrogen-bond acceptors (Lipinski definition) is 5. The van der Waals surface area contributed by atoms with Crippen LogP contribution in [0.4, 0.5) is 5.69 Å². The lowest BCUT2D eigenvalue weighted by molar-refractivity contribution is -0.140. The third kappa shape index (κ3) is 8.98. The first-order chi connectivity index (χ1) is 22.0. The zero-order chi connectivity index (χ0) is 33.3. The van der Waals surface area contributed by atoms with Gasteiger partial charge in [0.1, 0.15) is 18.3 Å². The van der Waals surface area contributed by atoms with Crippen molar-refractivity contribution in [1.82, 2.24) is 10.2 Å². The molecule has 242 valence electrons. The Hall–Kier alpha value is -4.15. The molecule has 0 bridgehead atoms. The molecule has 0 radical (unpaired) electrons. The van der Waals surface area contributed by atoms with Gasteiger partial charge in [-0.2, -0.15) is 0 Å². The fourth-order valence-electron chi connectivity index (χ4n) is 4.95. The highest BCUT2D eigenvalue weighted by atomic mass is 79.9. The van der Waals surface area contributed by atoms with E-state index in [4.69, 9.17) is 4.74 Å². The number of para-hydroxylation sites is 2. The predicted octanol–water partition coefficient (Wildman–Crippen LogP) is 6.37. The number of amides is 2. The highest BCUT2D eigenvalue weighted by Gasteiger charge is 2.35. The van der Waals surface area contributed by atoms with E-state index in [1.54, 1.807) is 36.4 Å². The van der Waals surface area contributed by atoms with Crippen molar-refractivity contribution in [1.29, 1.82) is 0 Å². The highest BCUT2D eigenvalue weighted by Crippen LogP contribution is 2.33. The number of carbonyl (C=O) groups is 2. The number of hydrogen-bond donors (Lipinski definition) is 1. The van der Waals surface area contributed by atoms with Gasteiger partial charge in [0.15, 0.2) is 0 Å². The molecule has 0 aliphatic heterocycles. The summed E-state index contributed by atoms with van der Waals surface area (Å²) in [5.74, 6) is -0.364. The average Bonchev–Trinajstić information content (AvgIpc) is 3.05. The number of nitrogens with zero attached hydrogens (tertiary/aromatic N) is 2. The largest absolute Gasteiger partial charge is 0.495 e. The number of benzene rings is 4. The van der Waals surface area contributed by atoms with Gasteiger partial charge in [-0.25, -0.2) is 8.42 Å². The van der Waals surface area contributed by atoms with Crippen LogP contribution in [-0.4, -0.2) is 51.4 Å². The summed E-state index contributed by atoms with van der Waals surface area (Å²) < 4.78 is 36.0. The van der Waals surface area contributed by atoms with Crippen LogP contribution in [0.25, 0.3) is 0 Å². The molecule has 8 nitrogen and oxygen atoms in total. The van der Waals surface area contributed by atoms with Crippen LogP contribution in [0.3, 0.4) is 0 Å². The van der Waals surface area contributed by atoms with Gasteiger partial charge in [0.05, 0.1) is 17.7 Å². The molecular weight excluding hydrogens is 666 g/mol. The van der Waals surface area contributed by atoms with E-state index in [0.717, 1.165) is 25.5 Å². The van der Waals surface area contributed by atoms with Crippen LogP contribution in [0.5, 0.6) is 5.75 Å². The number of rotatable bonds is 14. The van der Waals surface area contributed by atoms with Crippen LogP contribution in [-0.2, 0) is 32.6 Å². The van der Waals surface area contributed by atoms with Crippen LogP contribution in [0, 0.1) is 12.8 Å². The molecule has 0 aliphatic rings. The lowest BCUT2D eigenvalue weighted by Gasteiger charge is -2.34. The quantitative estimate of drug-likeness (QED) is 0.164. The molecule has 0 spiro atoms. The lowest BCUT2D eigenvalue weighted by atomic mass is 10.0. The normalized spacial score (nSPS) is 12.0. The Morgan fingerprint density at radius 3 is 2.11 bits per heavy atom. The minimum atomic E-state index is -4.24. The van der Waals surface area contributed by atoms with Gasteiger partial charge in [-0.1, -0.05) is 102 Å². The minimum absolute atomic E-state index is 0.0341. The molecule has 1 atom stereocenters. The first-order valence-electron chi connectivity index (χ1n) is 15.1. The first-order valence-corrected chi connectivity index (χ1v) is 17.3. The Morgan fingerprint density at radius 2 is 1.48 bits per heavy atom. The molecule has 1 N–H and O–H groups in total. The van der Waals surface area contributed by atoms with Crippen molar-refractivity contribution in [2.75, 3.05) is 24.5 Å². The smallest absolute Gasteiger partial charge is 0.264 e. The van der Waals surface area contributed by atoms with Crippen molar-refractivity contribution in [2.24, 2.45) is 5.92 Å². The second-order valence-corrected chi connectivity index (χ2v) is 14.3. The molecular formula is C36H40BrN3O5S. The van der Waals surface area contributed by atoms with E-state index in [0.29, 0.717) is 12.3 Å². The van der Waals surface area contributed by atoms with Crippen molar-refractivity contribution in [3.05, 3.63) is 124 Å². The third-order valence-electron chi connectivity index (χ3n) is 7.46. The summed E-state index contributed by atoms with van der Waals surface area (Å²) in [5.41, 5.74) is 2.77. The number of aryl methyl sites for hydroxylation is 1. The van der Waals surface area contributed by atoms with Crippen LogP contribution >= 0.6 is 15.9 Å². The average molecular weight is 707 g/mol. The molecule has 0 unspecified atom stereocenters.